The van der Waals surface area contributed by atoms with E-state index in [-0.39, 0.29) is 17.9 Å². The van der Waals surface area contributed by atoms with E-state index in [0.717, 1.165) is 5.69 Å². The molecular weight excluding hydrogens is 438 g/mol. The molecule has 174 valence electrons. The Balaban J connectivity index is 1.90. The number of aromatic amines is 1. The fraction of sp³-hybridized carbons (Fsp3) is 0.346. The largest absolute Gasteiger partial charge is 0.481 e. The molecule has 1 fully saturated rings. The Morgan fingerprint density at radius 3 is 2.62 bits per heavy atom. The number of carboxylic acid groups (broad SMARTS) is 1. The third kappa shape index (κ3) is 3.11. The predicted molar refractivity (Wildman–Crippen MR) is 124 cm³/mol. The van der Waals surface area contributed by atoms with Crippen LogP contribution in [-0.4, -0.2) is 25.8 Å². The molecule has 1 aliphatic rings. The number of H-pyrrole nitrogens is 1. The van der Waals surface area contributed by atoms with Crippen molar-refractivity contribution in [1.82, 2.24) is 14.8 Å². The smallest absolute Gasteiger partial charge is 0.309 e. The van der Waals surface area contributed by atoms with Crippen LogP contribution in [-0.2, 0) is 10.2 Å². The monoisotopic (exact) mass is 462 g/mol. The SMILES string of the molecule is CC1(C(=O)O)CC(c2c(C(C)(C)CC#N)n(-c3ccc(F)cc3)c3cc4cn[nH]c4c(F)c23)C1. The van der Waals surface area contributed by atoms with Gasteiger partial charge in [-0.15, -0.1) is 0 Å². The van der Waals surface area contributed by atoms with Gasteiger partial charge in [0.05, 0.1) is 23.2 Å². The first-order valence-electron chi connectivity index (χ1n) is 11.1. The molecule has 0 amide bonds. The Morgan fingerprint density at radius 2 is 2.00 bits per heavy atom. The number of carboxylic acids is 1. The summed E-state index contributed by atoms with van der Waals surface area (Å²) in [5.41, 5.74) is 1.37. The molecule has 2 aromatic heterocycles. The van der Waals surface area contributed by atoms with Crippen LogP contribution in [0.4, 0.5) is 8.78 Å². The lowest BCUT2D eigenvalue weighted by Crippen LogP contribution is -2.41. The van der Waals surface area contributed by atoms with Crippen molar-refractivity contribution in [3.8, 4) is 11.8 Å². The van der Waals surface area contributed by atoms with Crippen molar-refractivity contribution in [1.29, 1.82) is 5.26 Å². The number of rotatable bonds is 5. The van der Waals surface area contributed by atoms with Crippen LogP contribution in [0.15, 0.2) is 36.5 Å². The Hall–Kier alpha value is -3.73. The average molecular weight is 463 g/mol. The van der Waals surface area contributed by atoms with Crippen molar-refractivity contribution in [3.05, 3.63) is 59.4 Å². The third-order valence-electron chi connectivity index (χ3n) is 7.21. The summed E-state index contributed by atoms with van der Waals surface area (Å²) in [5.74, 6) is -1.93. The lowest BCUT2D eigenvalue weighted by atomic mass is 9.59. The number of benzene rings is 2. The molecule has 2 N–H and O–H groups in total. The van der Waals surface area contributed by atoms with E-state index < -0.39 is 28.4 Å². The van der Waals surface area contributed by atoms with Gasteiger partial charge in [0.1, 0.15) is 11.3 Å². The first-order valence-corrected chi connectivity index (χ1v) is 11.1. The van der Waals surface area contributed by atoms with Crippen LogP contribution in [0.5, 0.6) is 0 Å². The van der Waals surface area contributed by atoms with Crippen molar-refractivity contribution in [2.24, 2.45) is 5.41 Å². The molecule has 0 bridgehead atoms. The molecule has 34 heavy (non-hydrogen) atoms. The van der Waals surface area contributed by atoms with E-state index in [1.807, 2.05) is 24.5 Å². The molecule has 1 aliphatic carbocycles. The van der Waals surface area contributed by atoms with E-state index in [2.05, 4.69) is 16.3 Å². The zero-order chi connectivity index (χ0) is 24.4. The molecule has 0 spiro atoms. The van der Waals surface area contributed by atoms with Crippen LogP contribution in [0.2, 0.25) is 0 Å². The van der Waals surface area contributed by atoms with Gasteiger partial charge in [-0.3, -0.25) is 9.89 Å². The van der Waals surface area contributed by atoms with Gasteiger partial charge in [-0.1, -0.05) is 13.8 Å². The zero-order valence-electron chi connectivity index (χ0n) is 19.1. The summed E-state index contributed by atoms with van der Waals surface area (Å²) in [4.78, 5) is 11.8. The summed E-state index contributed by atoms with van der Waals surface area (Å²) < 4.78 is 31.7. The van der Waals surface area contributed by atoms with Crippen molar-refractivity contribution in [2.45, 2.75) is 51.4 Å². The minimum Gasteiger partial charge on any atom is -0.481 e. The van der Waals surface area contributed by atoms with Gasteiger partial charge >= 0.3 is 5.97 Å². The Bertz CT molecular complexity index is 1490. The molecule has 2 aromatic carbocycles. The van der Waals surface area contributed by atoms with Gasteiger partial charge in [0, 0.05) is 34.0 Å². The number of nitriles is 1. The quantitative estimate of drug-likeness (QED) is 0.383. The average Bonchev–Trinajstić information content (AvgIpc) is 3.35. The number of halogens is 2. The maximum absolute atomic E-state index is 16.1. The molecule has 4 aromatic rings. The second-order valence-electron chi connectivity index (χ2n) is 10.2. The maximum Gasteiger partial charge on any atom is 0.309 e. The van der Waals surface area contributed by atoms with Crippen molar-refractivity contribution in [3.63, 3.8) is 0 Å². The molecule has 1 saturated carbocycles. The number of aliphatic carboxylic acids is 1. The molecule has 2 heterocycles. The van der Waals surface area contributed by atoms with E-state index in [4.69, 9.17) is 0 Å². The van der Waals surface area contributed by atoms with Crippen LogP contribution < -0.4 is 0 Å². The highest BCUT2D eigenvalue weighted by Crippen LogP contribution is 2.56. The van der Waals surface area contributed by atoms with Crippen LogP contribution in [0.1, 0.15) is 57.2 Å². The van der Waals surface area contributed by atoms with Crippen LogP contribution in [0.25, 0.3) is 27.5 Å². The van der Waals surface area contributed by atoms with E-state index in [0.29, 0.717) is 40.4 Å². The highest BCUT2D eigenvalue weighted by atomic mass is 19.1. The second-order valence-corrected chi connectivity index (χ2v) is 10.2. The third-order valence-corrected chi connectivity index (χ3v) is 7.21. The normalized spacial score (nSPS) is 20.4. The summed E-state index contributed by atoms with van der Waals surface area (Å²) in [6.45, 7) is 5.55. The van der Waals surface area contributed by atoms with E-state index in [9.17, 15) is 19.6 Å². The molecule has 0 atom stereocenters. The molecule has 0 saturated heterocycles. The first kappa shape index (κ1) is 22.1. The lowest BCUT2D eigenvalue weighted by molar-refractivity contribution is -0.154. The molecular formula is C26H24F2N4O2. The standard InChI is InChI=1S/C26H24F2N4O2/c1-25(2,8-9-29)23-19(15-11-26(3,12-15)24(33)34)20-18(10-14-13-30-31-22(14)21(20)28)32(23)17-6-4-16(27)5-7-17/h4-7,10,13,15H,8,11-12H2,1-3H3,(H,30,31)(H,33,34). The summed E-state index contributed by atoms with van der Waals surface area (Å²) in [6.07, 6.45) is 2.44. The summed E-state index contributed by atoms with van der Waals surface area (Å²) in [6, 6.07) is 10.0. The summed E-state index contributed by atoms with van der Waals surface area (Å²) in [5, 5.41) is 27.0. The van der Waals surface area contributed by atoms with E-state index in [1.54, 1.807) is 25.3 Å². The Kier molecular flexibility index (Phi) is 4.80. The van der Waals surface area contributed by atoms with Crippen molar-refractivity contribution < 1.29 is 18.7 Å². The maximum atomic E-state index is 16.1. The first-order chi connectivity index (χ1) is 16.1. The minimum atomic E-state index is -0.889. The van der Waals surface area contributed by atoms with Gasteiger partial charge in [-0.25, -0.2) is 8.78 Å². The molecule has 5 rings (SSSR count). The number of hydrogen-bond donors (Lipinski definition) is 2. The summed E-state index contributed by atoms with van der Waals surface area (Å²) >= 11 is 0. The number of nitrogens with zero attached hydrogens (tertiary/aromatic N) is 3. The fourth-order valence-electron chi connectivity index (χ4n) is 5.44. The van der Waals surface area contributed by atoms with Gasteiger partial charge in [-0.05, 0) is 61.6 Å². The van der Waals surface area contributed by atoms with Gasteiger partial charge < -0.3 is 9.67 Å². The topological polar surface area (TPSA) is 94.7 Å². The lowest BCUT2D eigenvalue weighted by Gasteiger charge is -2.43. The zero-order valence-corrected chi connectivity index (χ0v) is 19.1. The van der Waals surface area contributed by atoms with Crippen LogP contribution in [0.3, 0.4) is 0 Å². The highest BCUT2D eigenvalue weighted by molar-refractivity contribution is 6.00. The minimum absolute atomic E-state index is 0.168. The molecule has 0 radical (unpaired) electrons. The molecule has 6 nitrogen and oxygen atoms in total. The predicted octanol–water partition coefficient (Wildman–Crippen LogP) is 5.94. The van der Waals surface area contributed by atoms with Gasteiger partial charge in [0.2, 0.25) is 0 Å². The number of aromatic nitrogens is 3. The van der Waals surface area contributed by atoms with Gasteiger partial charge in [0.15, 0.2) is 5.82 Å². The number of carbonyl (C=O) groups is 1. The molecule has 0 unspecified atom stereocenters. The number of nitrogens with one attached hydrogen (secondary N) is 1. The number of hydrogen-bond acceptors (Lipinski definition) is 3. The number of fused-ring (bicyclic) bond motifs is 2. The fourth-order valence-corrected chi connectivity index (χ4v) is 5.44. The molecule has 0 aliphatic heterocycles. The molecule has 8 heteroatoms. The van der Waals surface area contributed by atoms with Crippen molar-refractivity contribution >= 4 is 27.8 Å². The van der Waals surface area contributed by atoms with Gasteiger partial charge in [-0.2, -0.15) is 10.4 Å². The van der Waals surface area contributed by atoms with Crippen LogP contribution >= 0.6 is 0 Å². The van der Waals surface area contributed by atoms with Crippen molar-refractivity contribution in [2.75, 3.05) is 0 Å². The highest BCUT2D eigenvalue weighted by Gasteiger charge is 2.50. The van der Waals surface area contributed by atoms with Crippen LogP contribution in [0, 0.1) is 28.4 Å². The Morgan fingerprint density at radius 1 is 1.32 bits per heavy atom. The second kappa shape index (κ2) is 7.39. The van der Waals surface area contributed by atoms with E-state index >= 15 is 4.39 Å². The Labute approximate surface area is 194 Å². The summed E-state index contributed by atoms with van der Waals surface area (Å²) in [7, 11) is 0. The van der Waals surface area contributed by atoms with E-state index in [1.165, 1.54) is 12.1 Å². The van der Waals surface area contributed by atoms with Gasteiger partial charge in [0.25, 0.3) is 0 Å².